The van der Waals surface area contributed by atoms with Crippen LogP contribution in [0.1, 0.15) is 19.4 Å². The van der Waals surface area contributed by atoms with E-state index in [4.69, 9.17) is 23.2 Å². The summed E-state index contributed by atoms with van der Waals surface area (Å²) in [5.74, 6) is 0.0226. The Kier molecular flexibility index (Phi) is 5.68. The molecule has 1 amide bonds. The first kappa shape index (κ1) is 16.3. The van der Waals surface area contributed by atoms with Gasteiger partial charge >= 0.3 is 0 Å². The summed E-state index contributed by atoms with van der Waals surface area (Å²) in [6, 6.07) is 5.75. The second kappa shape index (κ2) is 7.30. The predicted molar refractivity (Wildman–Crippen MR) is 88.8 cm³/mol. The van der Waals surface area contributed by atoms with Crippen molar-refractivity contribution in [3.05, 3.63) is 39.9 Å². The van der Waals surface area contributed by atoms with Crippen LogP contribution in [0.4, 0.5) is 0 Å². The standard InChI is InChI=1S/C16H20Cl2N2O/c1-12(2)19-7-9-20(10-8-19)16(21)6-3-13-11-14(17)4-5-15(13)18/h3-6,11-12H,7-10H2,1-2H3/b6-3+. The highest BCUT2D eigenvalue weighted by Crippen LogP contribution is 2.21. The Morgan fingerprint density at radius 3 is 2.48 bits per heavy atom. The Morgan fingerprint density at radius 2 is 1.86 bits per heavy atom. The first-order valence-electron chi connectivity index (χ1n) is 7.13. The second-order valence-electron chi connectivity index (χ2n) is 5.45. The molecule has 0 bridgehead atoms. The molecule has 0 radical (unpaired) electrons. The third-order valence-electron chi connectivity index (χ3n) is 3.72. The fourth-order valence-corrected chi connectivity index (χ4v) is 2.73. The van der Waals surface area contributed by atoms with Crippen molar-refractivity contribution in [2.24, 2.45) is 0 Å². The number of nitrogens with zero attached hydrogens (tertiary/aromatic N) is 2. The van der Waals surface area contributed by atoms with Crippen molar-refractivity contribution in [2.45, 2.75) is 19.9 Å². The van der Waals surface area contributed by atoms with Gasteiger partial charge in [0.2, 0.25) is 5.91 Å². The Balaban J connectivity index is 1.96. The third-order valence-corrected chi connectivity index (χ3v) is 4.30. The minimum Gasteiger partial charge on any atom is -0.337 e. The predicted octanol–water partition coefficient (Wildman–Crippen LogP) is 3.56. The van der Waals surface area contributed by atoms with E-state index in [-0.39, 0.29) is 5.91 Å². The molecule has 3 nitrogen and oxygen atoms in total. The topological polar surface area (TPSA) is 23.6 Å². The van der Waals surface area contributed by atoms with Gasteiger partial charge in [0.25, 0.3) is 0 Å². The van der Waals surface area contributed by atoms with Crippen molar-refractivity contribution in [3.63, 3.8) is 0 Å². The molecule has 2 rings (SSSR count). The van der Waals surface area contributed by atoms with Gasteiger partial charge in [-0.05, 0) is 43.7 Å². The molecule has 0 N–H and O–H groups in total. The normalized spacial score (nSPS) is 16.9. The monoisotopic (exact) mass is 326 g/mol. The van der Waals surface area contributed by atoms with Crippen molar-refractivity contribution >= 4 is 35.2 Å². The summed E-state index contributed by atoms with van der Waals surface area (Å²) in [6.07, 6.45) is 3.30. The van der Waals surface area contributed by atoms with Crippen LogP contribution in [0, 0.1) is 0 Å². The van der Waals surface area contributed by atoms with Crippen LogP contribution in [0.2, 0.25) is 10.0 Å². The molecule has 0 spiro atoms. The van der Waals surface area contributed by atoms with E-state index in [1.54, 1.807) is 30.4 Å². The number of carbonyl (C=O) groups is 1. The fourth-order valence-electron chi connectivity index (χ4n) is 2.37. The molecule has 0 saturated carbocycles. The summed E-state index contributed by atoms with van der Waals surface area (Å²) in [5.41, 5.74) is 0.762. The van der Waals surface area contributed by atoms with Gasteiger partial charge in [0.05, 0.1) is 0 Å². The lowest BCUT2D eigenvalue weighted by molar-refractivity contribution is -0.127. The summed E-state index contributed by atoms with van der Waals surface area (Å²) in [5, 5.41) is 1.20. The summed E-state index contributed by atoms with van der Waals surface area (Å²) in [7, 11) is 0. The van der Waals surface area contributed by atoms with E-state index in [1.807, 2.05) is 4.90 Å². The number of hydrogen-bond donors (Lipinski definition) is 0. The largest absolute Gasteiger partial charge is 0.337 e. The maximum atomic E-state index is 12.2. The average molecular weight is 327 g/mol. The van der Waals surface area contributed by atoms with Gasteiger partial charge in [-0.3, -0.25) is 9.69 Å². The third kappa shape index (κ3) is 4.47. The molecule has 1 heterocycles. The zero-order chi connectivity index (χ0) is 15.4. The molecule has 21 heavy (non-hydrogen) atoms. The molecule has 1 fully saturated rings. The van der Waals surface area contributed by atoms with E-state index in [2.05, 4.69) is 18.7 Å². The summed E-state index contributed by atoms with van der Waals surface area (Å²) in [6.45, 7) is 7.75. The number of piperazine rings is 1. The molecule has 1 aromatic carbocycles. The minimum absolute atomic E-state index is 0.0226. The van der Waals surface area contributed by atoms with Gasteiger partial charge in [-0.25, -0.2) is 0 Å². The second-order valence-corrected chi connectivity index (χ2v) is 6.30. The highest BCUT2D eigenvalue weighted by molar-refractivity contribution is 6.34. The molecule has 1 aliphatic heterocycles. The molecule has 0 atom stereocenters. The van der Waals surface area contributed by atoms with E-state index in [0.29, 0.717) is 16.1 Å². The molecular formula is C16H20Cl2N2O. The molecule has 1 saturated heterocycles. The smallest absolute Gasteiger partial charge is 0.246 e. The van der Waals surface area contributed by atoms with Crippen LogP contribution in [0.15, 0.2) is 24.3 Å². The van der Waals surface area contributed by atoms with Crippen LogP contribution in [0.3, 0.4) is 0 Å². The van der Waals surface area contributed by atoms with Crippen molar-refractivity contribution in [1.82, 2.24) is 9.80 Å². The van der Waals surface area contributed by atoms with Crippen molar-refractivity contribution < 1.29 is 4.79 Å². The lowest BCUT2D eigenvalue weighted by Crippen LogP contribution is -2.50. The fraction of sp³-hybridized carbons (Fsp3) is 0.438. The van der Waals surface area contributed by atoms with Crippen LogP contribution in [0.5, 0.6) is 0 Å². The number of hydrogen-bond acceptors (Lipinski definition) is 2. The molecule has 1 aliphatic rings. The number of amides is 1. The van der Waals surface area contributed by atoms with E-state index in [0.717, 1.165) is 31.7 Å². The SMILES string of the molecule is CC(C)N1CCN(C(=O)/C=C/c2cc(Cl)ccc2Cl)CC1. The van der Waals surface area contributed by atoms with E-state index >= 15 is 0 Å². The van der Waals surface area contributed by atoms with E-state index < -0.39 is 0 Å². The average Bonchev–Trinajstić information content (AvgIpc) is 2.48. The zero-order valence-electron chi connectivity index (χ0n) is 12.4. The number of benzene rings is 1. The molecule has 0 aromatic heterocycles. The van der Waals surface area contributed by atoms with Crippen molar-refractivity contribution in [2.75, 3.05) is 26.2 Å². The maximum Gasteiger partial charge on any atom is 0.246 e. The lowest BCUT2D eigenvalue weighted by Gasteiger charge is -2.36. The van der Waals surface area contributed by atoms with Gasteiger partial charge in [0.15, 0.2) is 0 Å². The Bertz CT molecular complexity index is 535. The maximum absolute atomic E-state index is 12.2. The van der Waals surface area contributed by atoms with Crippen molar-refractivity contribution in [1.29, 1.82) is 0 Å². The highest BCUT2D eigenvalue weighted by atomic mass is 35.5. The van der Waals surface area contributed by atoms with E-state index in [1.165, 1.54) is 0 Å². The van der Waals surface area contributed by atoms with Crippen LogP contribution >= 0.6 is 23.2 Å². The van der Waals surface area contributed by atoms with Crippen LogP contribution < -0.4 is 0 Å². The minimum atomic E-state index is 0.0226. The summed E-state index contributed by atoms with van der Waals surface area (Å²) >= 11 is 12.0. The van der Waals surface area contributed by atoms with Crippen LogP contribution in [-0.2, 0) is 4.79 Å². The van der Waals surface area contributed by atoms with Crippen molar-refractivity contribution in [3.8, 4) is 0 Å². The van der Waals surface area contributed by atoms with Gasteiger partial charge in [-0.15, -0.1) is 0 Å². The number of halogens is 2. The highest BCUT2D eigenvalue weighted by Gasteiger charge is 2.20. The lowest BCUT2D eigenvalue weighted by atomic mass is 10.2. The first-order valence-corrected chi connectivity index (χ1v) is 7.89. The summed E-state index contributed by atoms with van der Waals surface area (Å²) in [4.78, 5) is 16.4. The van der Waals surface area contributed by atoms with Gasteiger partial charge < -0.3 is 4.90 Å². The number of rotatable bonds is 3. The van der Waals surface area contributed by atoms with Gasteiger partial charge in [-0.1, -0.05) is 23.2 Å². The van der Waals surface area contributed by atoms with E-state index in [9.17, 15) is 4.79 Å². The van der Waals surface area contributed by atoms with Gasteiger partial charge in [0, 0.05) is 48.3 Å². The number of carbonyl (C=O) groups excluding carboxylic acids is 1. The Hall–Kier alpha value is -1.03. The molecule has 0 aliphatic carbocycles. The van der Waals surface area contributed by atoms with Crippen LogP contribution in [0.25, 0.3) is 6.08 Å². The molecular weight excluding hydrogens is 307 g/mol. The molecule has 5 heteroatoms. The van der Waals surface area contributed by atoms with Crippen LogP contribution in [-0.4, -0.2) is 47.9 Å². The zero-order valence-corrected chi connectivity index (χ0v) is 13.9. The Labute approximate surface area is 136 Å². The van der Waals surface area contributed by atoms with Gasteiger partial charge in [-0.2, -0.15) is 0 Å². The molecule has 0 unspecified atom stereocenters. The van der Waals surface area contributed by atoms with Gasteiger partial charge in [0.1, 0.15) is 0 Å². The summed E-state index contributed by atoms with van der Waals surface area (Å²) < 4.78 is 0. The Morgan fingerprint density at radius 1 is 1.19 bits per heavy atom. The quantitative estimate of drug-likeness (QED) is 0.793. The molecule has 114 valence electrons. The molecule has 1 aromatic rings. The first-order chi connectivity index (χ1) is 9.97.